The van der Waals surface area contributed by atoms with E-state index in [1.54, 1.807) is 24.3 Å². The molecular formula is C17H18O3. The first-order chi connectivity index (χ1) is 9.61. The minimum atomic E-state index is -0.514. The van der Waals surface area contributed by atoms with Crippen LogP contribution in [0, 0.1) is 11.8 Å². The van der Waals surface area contributed by atoms with Crippen LogP contribution >= 0.6 is 0 Å². The van der Waals surface area contributed by atoms with Crippen molar-refractivity contribution >= 4 is 17.3 Å². The fourth-order valence-corrected chi connectivity index (χ4v) is 3.47. The third-order valence-corrected chi connectivity index (χ3v) is 4.62. The number of aliphatic hydroxyl groups is 1. The molecular weight excluding hydrogens is 252 g/mol. The van der Waals surface area contributed by atoms with Crippen LogP contribution < -0.4 is 0 Å². The molecule has 0 radical (unpaired) electrons. The number of Topliss-reactive ketones (excluding diaryl/α,β-unsaturated/α-hetero) is 2. The van der Waals surface area contributed by atoms with Crippen molar-refractivity contribution in [2.24, 2.45) is 11.8 Å². The fourth-order valence-electron chi connectivity index (χ4n) is 3.47. The molecule has 2 aliphatic rings. The van der Waals surface area contributed by atoms with Gasteiger partial charge < -0.3 is 5.11 Å². The van der Waals surface area contributed by atoms with E-state index in [1.807, 2.05) is 0 Å². The summed E-state index contributed by atoms with van der Waals surface area (Å²) in [6.07, 6.45) is 4.13. The van der Waals surface area contributed by atoms with E-state index >= 15 is 0 Å². The van der Waals surface area contributed by atoms with Crippen LogP contribution in [0.2, 0.25) is 0 Å². The first-order valence-electron chi connectivity index (χ1n) is 7.23. The maximum absolute atomic E-state index is 12.4. The lowest BCUT2D eigenvalue weighted by atomic mass is 9.71. The molecule has 0 amide bonds. The molecule has 3 nitrogen and oxygen atoms in total. The van der Waals surface area contributed by atoms with Crippen molar-refractivity contribution in [3.63, 3.8) is 0 Å². The van der Waals surface area contributed by atoms with Crippen molar-refractivity contribution in [3.8, 4) is 0 Å². The molecule has 0 aliphatic heterocycles. The zero-order chi connectivity index (χ0) is 14.3. The van der Waals surface area contributed by atoms with Gasteiger partial charge in [-0.1, -0.05) is 50.5 Å². The Morgan fingerprint density at radius 3 is 2.35 bits per heavy atom. The molecule has 1 fully saturated rings. The average Bonchev–Trinajstić information content (AvgIpc) is 2.47. The number of allylic oxidation sites excluding steroid dienone is 1. The van der Waals surface area contributed by atoms with Crippen LogP contribution in [0.5, 0.6) is 0 Å². The SMILES string of the molecule is CC1CCCCC1C1=C(O)c2ccccc2C(=O)C1=O. The molecule has 3 heteroatoms. The summed E-state index contributed by atoms with van der Waals surface area (Å²) in [6.45, 7) is 2.10. The molecule has 0 bridgehead atoms. The molecule has 0 heterocycles. The summed E-state index contributed by atoms with van der Waals surface area (Å²) >= 11 is 0. The third kappa shape index (κ3) is 1.89. The highest BCUT2D eigenvalue weighted by atomic mass is 16.3. The van der Waals surface area contributed by atoms with Crippen LogP contribution in [0.1, 0.15) is 48.5 Å². The van der Waals surface area contributed by atoms with Crippen LogP contribution in [0.25, 0.3) is 5.76 Å². The molecule has 20 heavy (non-hydrogen) atoms. The lowest BCUT2D eigenvalue weighted by molar-refractivity contribution is -0.112. The summed E-state index contributed by atoms with van der Waals surface area (Å²) in [4.78, 5) is 24.6. The molecule has 2 unspecified atom stereocenters. The van der Waals surface area contributed by atoms with E-state index < -0.39 is 11.6 Å². The van der Waals surface area contributed by atoms with Gasteiger partial charge in [0, 0.05) is 16.7 Å². The lowest BCUT2D eigenvalue weighted by Gasteiger charge is -2.32. The molecule has 2 atom stereocenters. The number of ketones is 2. The van der Waals surface area contributed by atoms with E-state index in [2.05, 4.69) is 6.92 Å². The third-order valence-electron chi connectivity index (χ3n) is 4.62. The maximum atomic E-state index is 12.4. The first kappa shape index (κ1) is 13.1. The van der Waals surface area contributed by atoms with E-state index in [-0.39, 0.29) is 11.7 Å². The number of benzene rings is 1. The Labute approximate surface area is 118 Å². The van der Waals surface area contributed by atoms with Crippen molar-refractivity contribution in [3.05, 3.63) is 41.0 Å². The number of carbonyl (C=O) groups is 2. The highest BCUT2D eigenvalue weighted by molar-refractivity contribution is 6.52. The Balaban J connectivity index is 2.14. The lowest BCUT2D eigenvalue weighted by Crippen LogP contribution is -2.31. The van der Waals surface area contributed by atoms with Gasteiger partial charge in [-0.05, 0) is 18.3 Å². The Hall–Kier alpha value is -1.90. The van der Waals surface area contributed by atoms with Gasteiger partial charge in [-0.15, -0.1) is 0 Å². The molecule has 104 valence electrons. The largest absolute Gasteiger partial charge is 0.507 e. The summed E-state index contributed by atoms with van der Waals surface area (Å²) in [6, 6.07) is 6.81. The Kier molecular flexibility index (Phi) is 3.20. The second kappa shape index (κ2) is 4.89. The van der Waals surface area contributed by atoms with Crippen molar-refractivity contribution in [1.29, 1.82) is 0 Å². The van der Waals surface area contributed by atoms with Crippen molar-refractivity contribution in [2.75, 3.05) is 0 Å². The number of aliphatic hydroxyl groups excluding tert-OH is 1. The van der Waals surface area contributed by atoms with Crippen LogP contribution in [0.15, 0.2) is 29.8 Å². The molecule has 1 saturated carbocycles. The van der Waals surface area contributed by atoms with Crippen molar-refractivity contribution in [1.82, 2.24) is 0 Å². The van der Waals surface area contributed by atoms with Gasteiger partial charge in [0.05, 0.1) is 0 Å². The highest BCUT2D eigenvalue weighted by Crippen LogP contribution is 2.40. The second-order valence-electron chi connectivity index (χ2n) is 5.83. The maximum Gasteiger partial charge on any atom is 0.234 e. The Bertz CT molecular complexity index is 612. The van der Waals surface area contributed by atoms with Crippen LogP contribution in [-0.2, 0) is 4.79 Å². The Morgan fingerprint density at radius 1 is 1.00 bits per heavy atom. The van der Waals surface area contributed by atoms with Gasteiger partial charge in [0.15, 0.2) is 0 Å². The molecule has 0 spiro atoms. The minimum Gasteiger partial charge on any atom is -0.507 e. The van der Waals surface area contributed by atoms with E-state index in [0.29, 0.717) is 22.6 Å². The highest BCUT2D eigenvalue weighted by Gasteiger charge is 2.39. The van der Waals surface area contributed by atoms with E-state index in [0.717, 1.165) is 25.7 Å². The topological polar surface area (TPSA) is 54.4 Å². The smallest absolute Gasteiger partial charge is 0.234 e. The monoisotopic (exact) mass is 270 g/mol. The fraction of sp³-hybridized carbons (Fsp3) is 0.412. The molecule has 1 aromatic rings. The number of hydrogen-bond acceptors (Lipinski definition) is 3. The number of hydrogen-bond donors (Lipinski definition) is 1. The Morgan fingerprint density at radius 2 is 1.65 bits per heavy atom. The molecule has 3 rings (SSSR count). The summed E-state index contributed by atoms with van der Waals surface area (Å²) in [7, 11) is 0. The first-order valence-corrected chi connectivity index (χ1v) is 7.23. The normalized spacial score (nSPS) is 26.6. The van der Waals surface area contributed by atoms with Crippen molar-refractivity contribution < 1.29 is 14.7 Å². The van der Waals surface area contributed by atoms with E-state index in [9.17, 15) is 14.7 Å². The van der Waals surface area contributed by atoms with Crippen LogP contribution in [-0.4, -0.2) is 16.7 Å². The van der Waals surface area contributed by atoms with E-state index in [1.165, 1.54) is 0 Å². The van der Waals surface area contributed by atoms with Gasteiger partial charge >= 0.3 is 0 Å². The van der Waals surface area contributed by atoms with Gasteiger partial charge in [-0.2, -0.15) is 0 Å². The zero-order valence-electron chi connectivity index (χ0n) is 11.6. The molecule has 0 saturated heterocycles. The summed E-state index contributed by atoms with van der Waals surface area (Å²) < 4.78 is 0. The summed E-state index contributed by atoms with van der Waals surface area (Å²) in [5.74, 6) is -0.633. The standard InChI is InChI=1S/C17H18O3/c1-10-6-2-3-7-11(10)14-15(18)12-8-4-5-9-13(12)16(19)17(14)20/h4-5,8-11,18H,2-3,6-7H2,1H3. The predicted molar refractivity (Wildman–Crippen MR) is 76.5 cm³/mol. The van der Waals surface area contributed by atoms with Gasteiger partial charge in [-0.3, -0.25) is 9.59 Å². The minimum absolute atomic E-state index is 0.00792. The van der Waals surface area contributed by atoms with Gasteiger partial charge in [0.25, 0.3) is 0 Å². The molecule has 1 N–H and O–H groups in total. The zero-order valence-corrected chi connectivity index (χ0v) is 11.6. The number of rotatable bonds is 1. The van der Waals surface area contributed by atoms with Gasteiger partial charge in [-0.25, -0.2) is 0 Å². The number of carbonyl (C=O) groups excluding carboxylic acids is 2. The molecule has 2 aliphatic carbocycles. The molecule has 0 aromatic heterocycles. The van der Waals surface area contributed by atoms with Crippen molar-refractivity contribution in [2.45, 2.75) is 32.6 Å². The predicted octanol–water partition coefficient (Wildman–Crippen LogP) is 3.55. The van der Waals surface area contributed by atoms with Crippen LogP contribution in [0.3, 0.4) is 0 Å². The van der Waals surface area contributed by atoms with E-state index in [4.69, 9.17) is 0 Å². The average molecular weight is 270 g/mol. The number of fused-ring (bicyclic) bond motifs is 1. The summed E-state index contributed by atoms with van der Waals surface area (Å²) in [5.41, 5.74) is 1.17. The summed E-state index contributed by atoms with van der Waals surface area (Å²) in [5, 5.41) is 10.5. The van der Waals surface area contributed by atoms with Gasteiger partial charge in [0.2, 0.25) is 11.6 Å². The second-order valence-corrected chi connectivity index (χ2v) is 5.83. The van der Waals surface area contributed by atoms with Crippen LogP contribution in [0.4, 0.5) is 0 Å². The molecule has 1 aromatic carbocycles. The van der Waals surface area contributed by atoms with Gasteiger partial charge in [0.1, 0.15) is 5.76 Å². The quantitative estimate of drug-likeness (QED) is 0.794.